The van der Waals surface area contributed by atoms with Gasteiger partial charge in [-0.1, -0.05) is 78.9 Å². The number of aliphatic hydroxyl groups is 1. The van der Waals surface area contributed by atoms with Gasteiger partial charge in [0.05, 0.1) is 18.8 Å². The predicted molar refractivity (Wildman–Crippen MR) is 105 cm³/mol. The van der Waals surface area contributed by atoms with E-state index in [1.165, 1.54) is 0 Å². The smallest absolute Gasteiger partial charge is 0.124 e. The Labute approximate surface area is 155 Å². The van der Waals surface area contributed by atoms with E-state index in [0.29, 0.717) is 6.54 Å². The van der Waals surface area contributed by atoms with E-state index in [2.05, 4.69) is 35.6 Å². The molecule has 3 aromatic carbocycles. The number of para-hydroxylation sites is 1. The number of methoxy groups -OCH3 is 1. The van der Waals surface area contributed by atoms with E-state index in [4.69, 9.17) is 4.74 Å². The lowest BCUT2D eigenvalue weighted by atomic mass is 9.76. The molecule has 2 N–H and O–H groups in total. The zero-order valence-corrected chi connectivity index (χ0v) is 15.2. The molecule has 3 rings (SSSR count). The number of hydrogen-bond donors (Lipinski definition) is 2. The minimum atomic E-state index is -0.633. The third-order valence-electron chi connectivity index (χ3n) is 4.59. The van der Waals surface area contributed by atoms with E-state index in [1.807, 2.05) is 54.6 Å². The van der Waals surface area contributed by atoms with Gasteiger partial charge in [-0.2, -0.15) is 0 Å². The fourth-order valence-corrected chi connectivity index (χ4v) is 3.41. The number of ether oxygens (including phenoxy) is 1. The zero-order valence-electron chi connectivity index (χ0n) is 15.2. The first kappa shape index (κ1) is 18.2. The fourth-order valence-electron chi connectivity index (χ4n) is 3.41. The number of nitrogens with one attached hydrogen (secondary N) is 1. The first-order valence-corrected chi connectivity index (χ1v) is 8.86. The quantitative estimate of drug-likeness (QED) is 0.636. The lowest BCUT2D eigenvalue weighted by Crippen LogP contribution is -2.47. The summed E-state index contributed by atoms with van der Waals surface area (Å²) in [5.41, 5.74) is 2.57. The summed E-state index contributed by atoms with van der Waals surface area (Å²) in [7, 11) is 1.69. The van der Waals surface area contributed by atoms with E-state index in [-0.39, 0.29) is 0 Å². The van der Waals surface area contributed by atoms with Crippen LogP contribution in [0.4, 0.5) is 0 Å². The van der Waals surface area contributed by atoms with Gasteiger partial charge in [0.25, 0.3) is 0 Å². The first-order valence-electron chi connectivity index (χ1n) is 8.86. The summed E-state index contributed by atoms with van der Waals surface area (Å²) in [6.45, 7) is 2.23. The molecule has 134 valence electrons. The van der Waals surface area contributed by atoms with Crippen molar-refractivity contribution in [1.82, 2.24) is 5.32 Å². The molecule has 0 aromatic heterocycles. The second-order valence-electron chi connectivity index (χ2n) is 6.41. The molecule has 0 saturated carbocycles. The molecule has 3 heteroatoms. The maximum absolute atomic E-state index is 9.99. The zero-order chi connectivity index (χ0) is 18.4. The first-order chi connectivity index (χ1) is 12.7. The molecule has 0 heterocycles. The third kappa shape index (κ3) is 3.50. The molecule has 0 aliphatic heterocycles. The SMILES string of the molecule is COc1ccccc1C(NC[C@H](C)O)(c1ccccc1)c1ccccc1. The molecule has 3 nitrogen and oxygen atoms in total. The maximum Gasteiger partial charge on any atom is 0.124 e. The summed E-state index contributed by atoms with van der Waals surface area (Å²) >= 11 is 0. The van der Waals surface area contributed by atoms with Gasteiger partial charge in [-0.05, 0) is 24.1 Å². The number of rotatable bonds is 7. The van der Waals surface area contributed by atoms with Gasteiger partial charge in [0.2, 0.25) is 0 Å². The fraction of sp³-hybridized carbons (Fsp3) is 0.217. The number of benzene rings is 3. The second kappa shape index (κ2) is 8.17. The van der Waals surface area contributed by atoms with Crippen LogP contribution in [-0.2, 0) is 5.54 Å². The maximum atomic E-state index is 9.99. The second-order valence-corrected chi connectivity index (χ2v) is 6.41. The summed E-state index contributed by atoms with van der Waals surface area (Å²) in [5.74, 6) is 0.804. The van der Waals surface area contributed by atoms with Crippen LogP contribution in [0.1, 0.15) is 23.6 Å². The molecule has 3 aromatic rings. The highest BCUT2D eigenvalue weighted by Crippen LogP contribution is 2.41. The summed E-state index contributed by atoms with van der Waals surface area (Å²) in [6.07, 6.45) is -0.475. The van der Waals surface area contributed by atoms with Gasteiger partial charge in [-0.15, -0.1) is 0 Å². The minimum absolute atomic E-state index is 0.446. The van der Waals surface area contributed by atoms with Gasteiger partial charge < -0.3 is 9.84 Å². The Bertz CT molecular complexity index is 776. The highest BCUT2D eigenvalue weighted by Gasteiger charge is 2.38. The van der Waals surface area contributed by atoms with Crippen molar-refractivity contribution in [2.24, 2.45) is 0 Å². The molecule has 0 bridgehead atoms. The Morgan fingerprint density at radius 1 is 0.846 bits per heavy atom. The van der Waals surface area contributed by atoms with E-state index >= 15 is 0 Å². The summed E-state index contributed by atoms with van der Waals surface area (Å²) in [6, 6.07) is 28.6. The van der Waals surface area contributed by atoms with Gasteiger partial charge in [0, 0.05) is 12.1 Å². The van der Waals surface area contributed by atoms with E-state index in [9.17, 15) is 5.11 Å². The van der Waals surface area contributed by atoms with Crippen LogP contribution in [0.3, 0.4) is 0 Å². The highest BCUT2D eigenvalue weighted by molar-refractivity contribution is 5.54. The van der Waals surface area contributed by atoms with Crippen molar-refractivity contribution in [3.63, 3.8) is 0 Å². The Morgan fingerprint density at radius 3 is 1.85 bits per heavy atom. The molecule has 1 atom stereocenters. The largest absolute Gasteiger partial charge is 0.496 e. The van der Waals surface area contributed by atoms with Crippen LogP contribution in [0.5, 0.6) is 5.75 Å². The molecular weight excluding hydrogens is 322 g/mol. The highest BCUT2D eigenvalue weighted by atomic mass is 16.5. The Kier molecular flexibility index (Phi) is 5.71. The molecule has 0 amide bonds. The van der Waals surface area contributed by atoms with Gasteiger partial charge in [-0.25, -0.2) is 0 Å². The summed E-state index contributed by atoms with van der Waals surface area (Å²) in [4.78, 5) is 0. The van der Waals surface area contributed by atoms with E-state index in [0.717, 1.165) is 22.4 Å². The van der Waals surface area contributed by atoms with E-state index < -0.39 is 11.6 Å². The van der Waals surface area contributed by atoms with Crippen molar-refractivity contribution in [3.05, 3.63) is 102 Å². The van der Waals surface area contributed by atoms with Gasteiger partial charge >= 0.3 is 0 Å². The van der Waals surface area contributed by atoms with Crippen molar-refractivity contribution >= 4 is 0 Å². The van der Waals surface area contributed by atoms with Crippen molar-refractivity contribution in [2.75, 3.05) is 13.7 Å². The lowest BCUT2D eigenvalue weighted by Gasteiger charge is -2.38. The minimum Gasteiger partial charge on any atom is -0.496 e. The van der Waals surface area contributed by atoms with Crippen LogP contribution in [0, 0.1) is 0 Å². The molecular formula is C23H25NO2. The van der Waals surface area contributed by atoms with Crippen LogP contribution in [0.2, 0.25) is 0 Å². The molecule has 0 unspecified atom stereocenters. The molecule has 0 spiro atoms. The van der Waals surface area contributed by atoms with Crippen molar-refractivity contribution in [1.29, 1.82) is 0 Å². The van der Waals surface area contributed by atoms with Crippen molar-refractivity contribution in [3.8, 4) is 5.75 Å². The normalized spacial score (nSPS) is 12.6. The van der Waals surface area contributed by atoms with Gasteiger partial charge in [0.15, 0.2) is 0 Å². The summed E-state index contributed by atoms with van der Waals surface area (Å²) < 4.78 is 5.70. The standard InChI is InChI=1S/C23H25NO2/c1-18(25)17-24-23(19-11-5-3-6-12-19,20-13-7-4-8-14-20)21-15-9-10-16-22(21)26-2/h3-16,18,24-25H,17H2,1-2H3/t18-/m0/s1. The van der Waals surface area contributed by atoms with Crippen molar-refractivity contribution < 1.29 is 9.84 Å². The lowest BCUT2D eigenvalue weighted by molar-refractivity contribution is 0.181. The molecule has 0 aliphatic carbocycles. The molecule has 26 heavy (non-hydrogen) atoms. The Morgan fingerprint density at radius 2 is 1.35 bits per heavy atom. The van der Waals surface area contributed by atoms with Crippen LogP contribution >= 0.6 is 0 Å². The molecule has 0 saturated heterocycles. The van der Waals surface area contributed by atoms with E-state index in [1.54, 1.807) is 14.0 Å². The van der Waals surface area contributed by atoms with Crippen LogP contribution in [0.25, 0.3) is 0 Å². The molecule has 0 aliphatic rings. The van der Waals surface area contributed by atoms with Crippen molar-refractivity contribution in [2.45, 2.75) is 18.6 Å². The molecule has 0 radical (unpaired) electrons. The monoisotopic (exact) mass is 347 g/mol. The average molecular weight is 347 g/mol. The Balaban J connectivity index is 2.31. The third-order valence-corrected chi connectivity index (χ3v) is 4.59. The van der Waals surface area contributed by atoms with Crippen LogP contribution in [0.15, 0.2) is 84.9 Å². The number of aliphatic hydroxyl groups excluding tert-OH is 1. The Hall–Kier alpha value is -2.62. The topological polar surface area (TPSA) is 41.5 Å². The molecule has 0 fully saturated rings. The van der Waals surface area contributed by atoms with Gasteiger partial charge in [-0.3, -0.25) is 5.32 Å². The predicted octanol–water partition coefficient (Wildman–Crippen LogP) is 3.96. The van der Waals surface area contributed by atoms with Crippen LogP contribution < -0.4 is 10.1 Å². The van der Waals surface area contributed by atoms with Gasteiger partial charge in [0.1, 0.15) is 5.75 Å². The number of hydrogen-bond acceptors (Lipinski definition) is 3. The summed E-state index contributed by atoms with van der Waals surface area (Å²) in [5, 5.41) is 13.6. The van der Waals surface area contributed by atoms with Crippen LogP contribution in [-0.4, -0.2) is 24.9 Å². The average Bonchev–Trinajstić information content (AvgIpc) is 2.70.